The molecular formula is C12H10FN5S. The topological polar surface area (TPSA) is 75.9 Å². The number of nitrogens with two attached hydrogens (primary N) is 1. The minimum atomic E-state index is -0.538. The van der Waals surface area contributed by atoms with Gasteiger partial charge in [-0.25, -0.2) is 15.2 Å². The molecule has 0 saturated heterocycles. The highest BCUT2D eigenvalue weighted by Gasteiger charge is 2.07. The van der Waals surface area contributed by atoms with Crippen LogP contribution in [0, 0.1) is 5.82 Å². The second-order valence-electron chi connectivity index (χ2n) is 3.83. The van der Waals surface area contributed by atoms with Gasteiger partial charge in [-0.15, -0.1) is 11.3 Å². The summed E-state index contributed by atoms with van der Waals surface area (Å²) in [5.41, 5.74) is 3.03. The van der Waals surface area contributed by atoms with Crippen LogP contribution in [0.15, 0.2) is 35.8 Å². The molecule has 3 rings (SSSR count). The summed E-state index contributed by atoms with van der Waals surface area (Å²) in [4.78, 5) is 7.60. The zero-order valence-corrected chi connectivity index (χ0v) is 10.5. The third-order valence-electron chi connectivity index (χ3n) is 2.59. The number of hydrazine groups is 1. The minimum Gasteiger partial charge on any atom is -0.338 e. The smallest absolute Gasteiger partial charge is 0.239 e. The molecule has 0 saturated carbocycles. The minimum absolute atomic E-state index is 0.0810. The molecular weight excluding hydrogens is 265 g/mol. The lowest BCUT2D eigenvalue weighted by Crippen LogP contribution is -2.11. The molecule has 96 valence electrons. The molecule has 7 heteroatoms. The molecule has 3 aromatic rings. The van der Waals surface area contributed by atoms with Gasteiger partial charge in [0.25, 0.3) is 0 Å². The van der Waals surface area contributed by atoms with Gasteiger partial charge in [-0.1, -0.05) is 0 Å². The summed E-state index contributed by atoms with van der Waals surface area (Å²) in [6.07, 6.45) is 1.06. The van der Waals surface area contributed by atoms with Gasteiger partial charge in [-0.2, -0.15) is 4.98 Å². The number of anilines is 3. The van der Waals surface area contributed by atoms with Crippen LogP contribution in [0.4, 0.5) is 21.8 Å². The van der Waals surface area contributed by atoms with Gasteiger partial charge in [0, 0.05) is 10.4 Å². The molecule has 0 aliphatic carbocycles. The summed E-state index contributed by atoms with van der Waals surface area (Å²) >= 11 is 1.66. The summed E-state index contributed by atoms with van der Waals surface area (Å²) in [5, 5.41) is 6.02. The molecule has 0 radical (unpaired) electrons. The number of fused-ring (bicyclic) bond motifs is 1. The van der Waals surface area contributed by atoms with Crippen LogP contribution in [-0.4, -0.2) is 9.97 Å². The lowest BCUT2D eigenvalue weighted by Gasteiger charge is -2.07. The molecule has 0 bridgehead atoms. The van der Waals surface area contributed by atoms with E-state index in [4.69, 9.17) is 5.84 Å². The molecule has 0 fully saturated rings. The first kappa shape index (κ1) is 11.8. The number of thiophene rings is 1. The zero-order valence-electron chi connectivity index (χ0n) is 9.72. The fraction of sp³-hybridized carbons (Fsp3) is 0. The lowest BCUT2D eigenvalue weighted by molar-refractivity contribution is 0.619. The van der Waals surface area contributed by atoms with Gasteiger partial charge in [-0.3, -0.25) is 5.43 Å². The van der Waals surface area contributed by atoms with Crippen molar-refractivity contribution in [1.82, 2.24) is 9.97 Å². The van der Waals surface area contributed by atoms with E-state index in [2.05, 4.69) is 20.7 Å². The van der Waals surface area contributed by atoms with Crippen LogP contribution in [0.3, 0.4) is 0 Å². The molecule has 19 heavy (non-hydrogen) atoms. The first-order valence-corrected chi connectivity index (χ1v) is 6.37. The third-order valence-corrected chi connectivity index (χ3v) is 3.49. The van der Waals surface area contributed by atoms with E-state index < -0.39 is 5.82 Å². The van der Waals surface area contributed by atoms with Crippen molar-refractivity contribution >= 4 is 38.9 Å². The van der Waals surface area contributed by atoms with Crippen LogP contribution >= 0.6 is 11.3 Å². The summed E-state index contributed by atoms with van der Waals surface area (Å²) in [5.74, 6) is 4.90. The molecule has 0 aliphatic heterocycles. The first-order chi connectivity index (χ1) is 9.26. The number of halogens is 1. The van der Waals surface area contributed by atoms with E-state index >= 15 is 0 Å². The Hall–Kier alpha value is -2.25. The van der Waals surface area contributed by atoms with Crippen molar-refractivity contribution < 1.29 is 4.39 Å². The Kier molecular flexibility index (Phi) is 2.98. The number of aromatic nitrogens is 2. The molecule has 2 heterocycles. The largest absolute Gasteiger partial charge is 0.338 e. The van der Waals surface area contributed by atoms with E-state index in [9.17, 15) is 4.39 Å². The van der Waals surface area contributed by atoms with E-state index in [0.29, 0.717) is 0 Å². The first-order valence-electron chi connectivity index (χ1n) is 5.50. The van der Waals surface area contributed by atoms with E-state index in [1.54, 1.807) is 11.3 Å². The molecule has 0 spiro atoms. The maximum atomic E-state index is 13.6. The number of nitrogen functional groups attached to an aromatic ring is 1. The van der Waals surface area contributed by atoms with Crippen molar-refractivity contribution in [3.63, 3.8) is 0 Å². The summed E-state index contributed by atoms with van der Waals surface area (Å²) < 4.78 is 14.8. The van der Waals surface area contributed by atoms with Gasteiger partial charge in [-0.05, 0) is 35.0 Å². The number of benzene rings is 1. The molecule has 0 atom stereocenters. The van der Waals surface area contributed by atoms with Crippen molar-refractivity contribution in [2.45, 2.75) is 0 Å². The summed E-state index contributed by atoms with van der Waals surface area (Å²) in [6, 6.07) is 7.79. The predicted molar refractivity (Wildman–Crippen MR) is 74.9 cm³/mol. The van der Waals surface area contributed by atoms with Crippen LogP contribution in [0.1, 0.15) is 0 Å². The van der Waals surface area contributed by atoms with Crippen LogP contribution in [-0.2, 0) is 0 Å². The maximum Gasteiger partial charge on any atom is 0.239 e. The second kappa shape index (κ2) is 4.79. The molecule has 0 aliphatic rings. The highest BCUT2D eigenvalue weighted by Crippen LogP contribution is 2.26. The molecule has 5 nitrogen and oxygen atoms in total. The van der Waals surface area contributed by atoms with E-state index in [1.807, 2.05) is 29.6 Å². The average Bonchev–Trinajstić information content (AvgIpc) is 2.89. The average molecular weight is 275 g/mol. The maximum absolute atomic E-state index is 13.6. The van der Waals surface area contributed by atoms with Crippen molar-refractivity contribution in [3.05, 3.63) is 41.7 Å². The van der Waals surface area contributed by atoms with Gasteiger partial charge in [0.1, 0.15) is 0 Å². The normalized spacial score (nSPS) is 10.6. The van der Waals surface area contributed by atoms with Crippen LogP contribution in [0.2, 0.25) is 0 Å². The number of hydrogen-bond donors (Lipinski definition) is 3. The fourth-order valence-electron chi connectivity index (χ4n) is 1.71. The Morgan fingerprint density at radius 1 is 1.26 bits per heavy atom. The Morgan fingerprint density at radius 3 is 3.00 bits per heavy atom. The SMILES string of the molecule is NNc1ncc(F)c(Nc2ccc3sccc3c2)n1. The van der Waals surface area contributed by atoms with Gasteiger partial charge in [0.05, 0.1) is 6.20 Å². The van der Waals surface area contributed by atoms with Gasteiger partial charge in [0.2, 0.25) is 5.95 Å². The predicted octanol–water partition coefficient (Wildman–Crippen LogP) is 2.86. The number of nitrogens with zero attached hydrogens (tertiary/aromatic N) is 2. The van der Waals surface area contributed by atoms with E-state index in [-0.39, 0.29) is 11.8 Å². The quantitative estimate of drug-likeness (QED) is 0.506. The second-order valence-corrected chi connectivity index (χ2v) is 4.78. The standard InChI is InChI=1S/C12H10FN5S/c13-9-6-15-12(18-14)17-11(9)16-8-1-2-10-7(5-8)3-4-19-10/h1-6H,14H2,(H2,15,16,17,18). The Balaban J connectivity index is 1.95. The Labute approximate surface area is 112 Å². The van der Waals surface area contributed by atoms with Crippen LogP contribution in [0.25, 0.3) is 10.1 Å². The van der Waals surface area contributed by atoms with E-state index in [1.165, 1.54) is 4.70 Å². The number of nitrogens with one attached hydrogen (secondary N) is 2. The Bertz CT molecular complexity index is 727. The number of rotatable bonds is 3. The van der Waals surface area contributed by atoms with E-state index in [0.717, 1.165) is 17.3 Å². The van der Waals surface area contributed by atoms with Crippen molar-refractivity contribution in [2.75, 3.05) is 10.7 Å². The zero-order chi connectivity index (χ0) is 13.2. The molecule has 1 aromatic carbocycles. The highest BCUT2D eigenvalue weighted by atomic mass is 32.1. The van der Waals surface area contributed by atoms with Crippen molar-refractivity contribution in [2.24, 2.45) is 5.84 Å². The number of hydrogen-bond acceptors (Lipinski definition) is 6. The van der Waals surface area contributed by atoms with Crippen molar-refractivity contribution in [1.29, 1.82) is 0 Å². The monoisotopic (exact) mass is 275 g/mol. The highest BCUT2D eigenvalue weighted by molar-refractivity contribution is 7.17. The van der Waals surface area contributed by atoms with Crippen LogP contribution < -0.4 is 16.6 Å². The van der Waals surface area contributed by atoms with Crippen molar-refractivity contribution in [3.8, 4) is 0 Å². The van der Waals surface area contributed by atoms with Crippen LogP contribution in [0.5, 0.6) is 0 Å². The molecule has 0 unspecified atom stereocenters. The van der Waals surface area contributed by atoms with Gasteiger partial charge in [0.15, 0.2) is 11.6 Å². The Morgan fingerprint density at radius 2 is 2.16 bits per heavy atom. The lowest BCUT2D eigenvalue weighted by atomic mass is 10.2. The molecule has 4 N–H and O–H groups in total. The summed E-state index contributed by atoms with van der Waals surface area (Å²) in [6.45, 7) is 0. The molecule has 0 amide bonds. The fourth-order valence-corrected chi connectivity index (χ4v) is 2.48. The summed E-state index contributed by atoms with van der Waals surface area (Å²) in [7, 11) is 0. The van der Waals surface area contributed by atoms with Gasteiger partial charge >= 0.3 is 0 Å². The van der Waals surface area contributed by atoms with Gasteiger partial charge < -0.3 is 5.32 Å². The third kappa shape index (κ3) is 2.33. The molecule has 2 aromatic heterocycles.